The zero-order valence-electron chi connectivity index (χ0n) is 9.17. The summed E-state index contributed by atoms with van der Waals surface area (Å²) in [6.07, 6.45) is 1.46. The molecular weight excluding hydrogens is 238 g/mol. The van der Waals surface area contributed by atoms with Gasteiger partial charge in [-0.25, -0.2) is 9.97 Å². The summed E-state index contributed by atoms with van der Waals surface area (Å²) >= 11 is 1.53. The molecule has 0 spiro atoms. The van der Waals surface area contributed by atoms with Crippen molar-refractivity contribution in [3.05, 3.63) is 40.1 Å². The smallest absolute Gasteiger partial charge is 0.274 e. The molecule has 0 saturated carbocycles. The van der Waals surface area contributed by atoms with Crippen molar-refractivity contribution in [2.75, 3.05) is 0 Å². The molecule has 2 N–H and O–H groups in total. The molecule has 2 heterocycles. The van der Waals surface area contributed by atoms with Crippen LogP contribution < -0.4 is 5.32 Å². The molecular formula is C11H11N3O2S. The Balaban J connectivity index is 2.01. The molecule has 2 aromatic rings. The first-order chi connectivity index (χ1) is 8.16. The second-order valence-electron chi connectivity index (χ2n) is 3.41. The minimum absolute atomic E-state index is 0.0273. The number of nitrogens with one attached hydrogen (secondary N) is 1. The van der Waals surface area contributed by atoms with E-state index in [0.717, 1.165) is 10.7 Å². The summed E-state index contributed by atoms with van der Waals surface area (Å²) in [6, 6.07) is 2.99. The molecule has 0 radical (unpaired) electrons. The predicted octanol–water partition coefficient (Wildman–Crippen LogP) is 1.48. The fraction of sp³-hybridized carbons (Fsp3) is 0.182. The van der Waals surface area contributed by atoms with Gasteiger partial charge in [-0.3, -0.25) is 4.79 Å². The topological polar surface area (TPSA) is 75.1 Å². The normalized spacial score (nSPS) is 10.2. The Morgan fingerprint density at radius 3 is 3.06 bits per heavy atom. The van der Waals surface area contributed by atoms with Crippen LogP contribution in [0.3, 0.4) is 0 Å². The lowest BCUT2D eigenvalue weighted by atomic mass is 10.3. The molecule has 2 rings (SSSR count). The predicted molar refractivity (Wildman–Crippen MR) is 63.9 cm³/mol. The molecule has 1 amide bonds. The maximum Gasteiger partial charge on any atom is 0.274 e. The molecule has 0 aliphatic heterocycles. The number of carbonyl (C=O) groups excluding carboxylic acids is 1. The Labute approximate surface area is 102 Å². The molecule has 0 aliphatic rings. The molecule has 0 fully saturated rings. The van der Waals surface area contributed by atoms with Gasteiger partial charge in [-0.2, -0.15) is 0 Å². The van der Waals surface area contributed by atoms with Crippen LogP contribution >= 0.6 is 11.3 Å². The summed E-state index contributed by atoms with van der Waals surface area (Å²) in [5, 5.41) is 14.9. The van der Waals surface area contributed by atoms with Crippen LogP contribution in [-0.4, -0.2) is 21.0 Å². The summed E-state index contributed by atoms with van der Waals surface area (Å²) < 4.78 is 0. The number of thiazole rings is 1. The minimum atomic E-state index is -0.409. The number of rotatable bonds is 3. The lowest BCUT2D eigenvalue weighted by molar-refractivity contribution is 0.0942. The second-order valence-corrected chi connectivity index (χ2v) is 4.47. The first-order valence-corrected chi connectivity index (χ1v) is 5.88. The molecule has 2 aromatic heterocycles. The van der Waals surface area contributed by atoms with Gasteiger partial charge in [0.1, 0.15) is 5.75 Å². The monoisotopic (exact) mass is 249 g/mol. The van der Waals surface area contributed by atoms with Crippen molar-refractivity contribution in [2.45, 2.75) is 13.5 Å². The van der Waals surface area contributed by atoms with Crippen LogP contribution in [0.4, 0.5) is 0 Å². The zero-order chi connectivity index (χ0) is 12.3. The molecule has 5 nitrogen and oxygen atoms in total. The molecule has 0 aliphatic carbocycles. The van der Waals surface area contributed by atoms with Gasteiger partial charge in [-0.05, 0) is 19.1 Å². The van der Waals surface area contributed by atoms with E-state index in [-0.39, 0.29) is 11.4 Å². The molecule has 0 saturated heterocycles. The van der Waals surface area contributed by atoms with Gasteiger partial charge in [-0.1, -0.05) is 0 Å². The number of pyridine rings is 1. The average molecular weight is 249 g/mol. The van der Waals surface area contributed by atoms with Crippen molar-refractivity contribution in [1.82, 2.24) is 15.3 Å². The van der Waals surface area contributed by atoms with Crippen molar-refractivity contribution in [3.63, 3.8) is 0 Å². The second kappa shape index (κ2) is 4.92. The van der Waals surface area contributed by atoms with Crippen LogP contribution in [0.15, 0.2) is 23.7 Å². The summed E-state index contributed by atoms with van der Waals surface area (Å²) in [7, 11) is 0. The van der Waals surface area contributed by atoms with E-state index in [1.807, 2.05) is 12.3 Å². The number of hydrogen-bond donors (Lipinski definition) is 2. The highest BCUT2D eigenvalue weighted by molar-refractivity contribution is 7.09. The van der Waals surface area contributed by atoms with Crippen molar-refractivity contribution in [3.8, 4) is 5.75 Å². The van der Waals surface area contributed by atoms with E-state index in [1.165, 1.54) is 23.6 Å². The SMILES string of the molecule is Cc1nc(CNC(=O)c2ncccc2O)cs1. The minimum Gasteiger partial charge on any atom is -0.505 e. The van der Waals surface area contributed by atoms with Gasteiger partial charge in [0.2, 0.25) is 0 Å². The Morgan fingerprint density at radius 1 is 1.59 bits per heavy atom. The molecule has 0 atom stereocenters. The van der Waals surface area contributed by atoms with Gasteiger partial charge in [0.15, 0.2) is 5.69 Å². The zero-order valence-corrected chi connectivity index (χ0v) is 9.99. The van der Waals surface area contributed by atoms with Gasteiger partial charge in [0.25, 0.3) is 5.91 Å². The van der Waals surface area contributed by atoms with Crippen LogP contribution in [0.25, 0.3) is 0 Å². The molecule has 0 unspecified atom stereocenters. The van der Waals surface area contributed by atoms with Crippen molar-refractivity contribution in [1.29, 1.82) is 0 Å². The fourth-order valence-electron chi connectivity index (χ4n) is 1.32. The fourth-order valence-corrected chi connectivity index (χ4v) is 1.93. The lowest BCUT2D eigenvalue weighted by Crippen LogP contribution is -2.24. The highest BCUT2D eigenvalue weighted by Crippen LogP contribution is 2.12. The van der Waals surface area contributed by atoms with Crippen molar-refractivity contribution in [2.24, 2.45) is 0 Å². The highest BCUT2D eigenvalue weighted by atomic mass is 32.1. The molecule has 17 heavy (non-hydrogen) atoms. The Bertz CT molecular complexity index is 539. The van der Waals surface area contributed by atoms with Gasteiger partial charge in [-0.15, -0.1) is 11.3 Å². The third-order valence-electron chi connectivity index (χ3n) is 2.10. The first kappa shape index (κ1) is 11.5. The third kappa shape index (κ3) is 2.79. The molecule has 0 aromatic carbocycles. The van der Waals surface area contributed by atoms with E-state index in [2.05, 4.69) is 15.3 Å². The number of hydrogen-bond acceptors (Lipinski definition) is 5. The molecule has 88 valence electrons. The van der Waals surface area contributed by atoms with Crippen LogP contribution in [0.1, 0.15) is 21.2 Å². The highest BCUT2D eigenvalue weighted by Gasteiger charge is 2.11. The van der Waals surface area contributed by atoms with E-state index >= 15 is 0 Å². The number of aromatic nitrogens is 2. The van der Waals surface area contributed by atoms with Crippen molar-refractivity contribution >= 4 is 17.2 Å². The summed E-state index contributed by atoms with van der Waals surface area (Å²) in [5.74, 6) is -0.534. The number of carbonyl (C=O) groups is 1. The quantitative estimate of drug-likeness (QED) is 0.864. The largest absolute Gasteiger partial charge is 0.505 e. The summed E-state index contributed by atoms with van der Waals surface area (Å²) in [4.78, 5) is 19.7. The third-order valence-corrected chi connectivity index (χ3v) is 2.92. The van der Waals surface area contributed by atoms with Gasteiger partial charge < -0.3 is 10.4 Å². The van der Waals surface area contributed by atoms with E-state index in [1.54, 1.807) is 6.07 Å². The standard InChI is InChI=1S/C11H11N3O2S/c1-7-14-8(6-17-7)5-13-11(16)10-9(15)3-2-4-12-10/h2-4,6,15H,5H2,1H3,(H,13,16). The molecule has 0 bridgehead atoms. The number of amides is 1. The van der Waals surface area contributed by atoms with Gasteiger partial charge in [0.05, 0.1) is 17.2 Å². The van der Waals surface area contributed by atoms with Crippen LogP contribution in [0, 0.1) is 6.92 Å². The number of aromatic hydroxyl groups is 1. The van der Waals surface area contributed by atoms with E-state index in [4.69, 9.17) is 0 Å². The Hall–Kier alpha value is -1.95. The first-order valence-electron chi connectivity index (χ1n) is 5.00. The van der Waals surface area contributed by atoms with Crippen LogP contribution in [0.5, 0.6) is 5.75 Å². The van der Waals surface area contributed by atoms with Crippen LogP contribution in [0.2, 0.25) is 0 Å². The van der Waals surface area contributed by atoms with Crippen molar-refractivity contribution < 1.29 is 9.90 Å². The van der Waals surface area contributed by atoms with Gasteiger partial charge >= 0.3 is 0 Å². The van der Waals surface area contributed by atoms with E-state index in [0.29, 0.717) is 6.54 Å². The van der Waals surface area contributed by atoms with Gasteiger partial charge in [0, 0.05) is 11.6 Å². The summed E-state index contributed by atoms with van der Waals surface area (Å²) in [6.45, 7) is 2.24. The van der Waals surface area contributed by atoms with E-state index < -0.39 is 5.91 Å². The maximum absolute atomic E-state index is 11.7. The summed E-state index contributed by atoms with van der Waals surface area (Å²) in [5.41, 5.74) is 0.829. The number of aryl methyl sites for hydroxylation is 1. The molecule has 6 heteroatoms. The Kier molecular flexibility index (Phi) is 3.34. The average Bonchev–Trinajstić information content (AvgIpc) is 2.73. The lowest BCUT2D eigenvalue weighted by Gasteiger charge is -2.03. The van der Waals surface area contributed by atoms with E-state index in [9.17, 15) is 9.90 Å². The number of nitrogens with zero attached hydrogens (tertiary/aromatic N) is 2. The Morgan fingerprint density at radius 2 is 2.41 bits per heavy atom. The van der Waals surface area contributed by atoms with Crippen LogP contribution in [-0.2, 0) is 6.54 Å². The maximum atomic E-state index is 11.7.